The molecule has 0 aromatic heterocycles. The Morgan fingerprint density at radius 1 is 1.17 bits per heavy atom. The van der Waals surface area contributed by atoms with Crippen molar-refractivity contribution in [3.63, 3.8) is 0 Å². The van der Waals surface area contributed by atoms with Crippen LogP contribution in [0.25, 0.3) is 0 Å². The fourth-order valence-corrected chi connectivity index (χ4v) is 1.22. The lowest BCUT2D eigenvalue weighted by atomic mass is 9.98. The van der Waals surface area contributed by atoms with Gasteiger partial charge in [0.1, 0.15) is 0 Å². The van der Waals surface area contributed by atoms with Gasteiger partial charge in [-0.15, -0.1) is 0 Å². The Hall–Kier alpha value is -0.0400. The highest BCUT2D eigenvalue weighted by atomic mass is 15.1. The third-order valence-electron chi connectivity index (χ3n) is 2.63. The number of hydrogen-bond donors (Lipinski definition) is 0. The van der Waals surface area contributed by atoms with Crippen LogP contribution in [0.15, 0.2) is 0 Å². The van der Waals surface area contributed by atoms with Crippen LogP contribution in [0.5, 0.6) is 0 Å². The zero-order valence-electron chi connectivity index (χ0n) is 9.43. The van der Waals surface area contributed by atoms with Gasteiger partial charge in [0.2, 0.25) is 0 Å². The maximum atomic E-state index is 2.45. The summed E-state index contributed by atoms with van der Waals surface area (Å²) in [6.45, 7) is 11.7. The maximum absolute atomic E-state index is 2.45. The summed E-state index contributed by atoms with van der Waals surface area (Å²) in [5, 5.41) is 0. The van der Waals surface area contributed by atoms with E-state index in [9.17, 15) is 0 Å². The van der Waals surface area contributed by atoms with Crippen LogP contribution in [0.4, 0.5) is 0 Å². The maximum Gasteiger partial charge on any atom is 0.000641 e. The molecule has 74 valence electrons. The summed E-state index contributed by atoms with van der Waals surface area (Å²) < 4.78 is 0. The van der Waals surface area contributed by atoms with Crippen molar-refractivity contribution in [3.8, 4) is 0 Å². The predicted octanol–water partition coefficient (Wildman–Crippen LogP) is 3.01. The van der Waals surface area contributed by atoms with E-state index >= 15 is 0 Å². The Morgan fingerprint density at radius 2 is 1.75 bits per heavy atom. The molecule has 0 heterocycles. The van der Waals surface area contributed by atoms with Crippen molar-refractivity contribution < 1.29 is 0 Å². The number of hydrogen-bond acceptors (Lipinski definition) is 1. The van der Waals surface area contributed by atoms with Gasteiger partial charge in [-0.05, 0) is 31.8 Å². The normalized spacial score (nSPS) is 14.2. The second kappa shape index (κ2) is 6.47. The van der Waals surface area contributed by atoms with E-state index < -0.39 is 0 Å². The Kier molecular flexibility index (Phi) is 6.45. The van der Waals surface area contributed by atoms with Crippen molar-refractivity contribution in [3.05, 3.63) is 0 Å². The minimum absolute atomic E-state index is 0.814. The lowest BCUT2D eigenvalue weighted by Crippen LogP contribution is -2.27. The van der Waals surface area contributed by atoms with Crippen LogP contribution in [0.2, 0.25) is 0 Å². The molecule has 0 spiro atoms. The van der Waals surface area contributed by atoms with Gasteiger partial charge in [0.25, 0.3) is 0 Å². The second-order valence-corrected chi connectivity index (χ2v) is 4.34. The summed E-state index contributed by atoms with van der Waals surface area (Å²) >= 11 is 0. The lowest BCUT2D eigenvalue weighted by molar-refractivity contribution is 0.247. The van der Waals surface area contributed by atoms with E-state index in [-0.39, 0.29) is 0 Å². The van der Waals surface area contributed by atoms with Crippen LogP contribution in [0.3, 0.4) is 0 Å². The van der Waals surface area contributed by atoms with E-state index in [1.807, 2.05) is 0 Å². The molecule has 0 fully saturated rings. The fourth-order valence-electron chi connectivity index (χ4n) is 1.22. The highest BCUT2D eigenvalue weighted by Crippen LogP contribution is 2.10. The van der Waals surface area contributed by atoms with Gasteiger partial charge in [0.05, 0.1) is 0 Å². The molecule has 0 amide bonds. The Morgan fingerprint density at radius 3 is 2.17 bits per heavy atom. The first kappa shape index (κ1) is 12.0. The Labute approximate surface area is 78.1 Å². The van der Waals surface area contributed by atoms with E-state index in [0.29, 0.717) is 0 Å². The van der Waals surface area contributed by atoms with Crippen molar-refractivity contribution >= 4 is 0 Å². The summed E-state index contributed by atoms with van der Waals surface area (Å²) in [5.74, 6) is 1.64. The van der Waals surface area contributed by atoms with Crippen LogP contribution >= 0.6 is 0 Å². The van der Waals surface area contributed by atoms with Gasteiger partial charge >= 0.3 is 0 Å². The summed E-state index contributed by atoms with van der Waals surface area (Å²) in [6, 6.07) is 0. The number of rotatable bonds is 6. The predicted molar refractivity (Wildman–Crippen MR) is 56.4 cm³/mol. The van der Waals surface area contributed by atoms with Gasteiger partial charge in [-0.3, -0.25) is 0 Å². The van der Waals surface area contributed by atoms with Gasteiger partial charge in [-0.2, -0.15) is 0 Å². The SMILES string of the molecule is CCCCN(C)CC(C)C(C)C. The zero-order chi connectivity index (χ0) is 9.56. The molecule has 0 saturated carbocycles. The van der Waals surface area contributed by atoms with Crippen LogP contribution in [0.1, 0.15) is 40.5 Å². The summed E-state index contributed by atoms with van der Waals surface area (Å²) in [7, 11) is 2.23. The molecule has 0 aliphatic carbocycles. The molecule has 0 aromatic rings. The molecule has 1 atom stereocenters. The first-order chi connectivity index (χ1) is 5.57. The van der Waals surface area contributed by atoms with E-state index in [0.717, 1.165) is 11.8 Å². The van der Waals surface area contributed by atoms with Gasteiger partial charge < -0.3 is 4.90 Å². The average molecular weight is 171 g/mol. The van der Waals surface area contributed by atoms with E-state index in [4.69, 9.17) is 0 Å². The lowest BCUT2D eigenvalue weighted by Gasteiger charge is -2.23. The Balaban J connectivity index is 3.47. The molecule has 0 aliphatic rings. The van der Waals surface area contributed by atoms with Gasteiger partial charge in [0.15, 0.2) is 0 Å². The molecule has 0 N–H and O–H groups in total. The van der Waals surface area contributed by atoms with Gasteiger partial charge in [0, 0.05) is 6.54 Å². The summed E-state index contributed by atoms with van der Waals surface area (Å²) in [5.41, 5.74) is 0. The largest absolute Gasteiger partial charge is 0.306 e. The minimum atomic E-state index is 0.814. The van der Waals surface area contributed by atoms with E-state index in [1.165, 1.54) is 25.9 Å². The molecule has 0 bridgehead atoms. The molecule has 0 rings (SSSR count). The summed E-state index contributed by atoms with van der Waals surface area (Å²) in [4.78, 5) is 2.45. The monoisotopic (exact) mass is 171 g/mol. The highest BCUT2D eigenvalue weighted by Gasteiger charge is 2.09. The average Bonchev–Trinajstić information content (AvgIpc) is 2.00. The third kappa shape index (κ3) is 5.59. The molecule has 1 nitrogen and oxygen atoms in total. The highest BCUT2D eigenvalue weighted by molar-refractivity contribution is 4.61. The first-order valence-electron chi connectivity index (χ1n) is 5.26. The molecule has 0 saturated heterocycles. The smallest absolute Gasteiger partial charge is 0.000641 e. The molecule has 0 aromatic carbocycles. The molecule has 1 unspecified atom stereocenters. The topological polar surface area (TPSA) is 3.24 Å². The summed E-state index contributed by atoms with van der Waals surface area (Å²) in [6.07, 6.45) is 2.64. The molecule has 12 heavy (non-hydrogen) atoms. The van der Waals surface area contributed by atoms with Crippen molar-refractivity contribution in [1.82, 2.24) is 4.90 Å². The van der Waals surface area contributed by atoms with Crippen LogP contribution < -0.4 is 0 Å². The molecular weight excluding hydrogens is 146 g/mol. The fraction of sp³-hybridized carbons (Fsp3) is 1.00. The van der Waals surface area contributed by atoms with Crippen LogP contribution in [-0.2, 0) is 0 Å². The zero-order valence-corrected chi connectivity index (χ0v) is 9.43. The van der Waals surface area contributed by atoms with Crippen molar-refractivity contribution in [1.29, 1.82) is 0 Å². The molecule has 1 heteroatoms. The molecule has 0 radical (unpaired) electrons. The minimum Gasteiger partial charge on any atom is -0.306 e. The number of nitrogens with zero attached hydrogens (tertiary/aromatic N) is 1. The van der Waals surface area contributed by atoms with E-state index in [1.54, 1.807) is 0 Å². The van der Waals surface area contributed by atoms with Gasteiger partial charge in [-0.1, -0.05) is 34.1 Å². The first-order valence-corrected chi connectivity index (χ1v) is 5.26. The van der Waals surface area contributed by atoms with Crippen molar-refractivity contribution in [2.75, 3.05) is 20.1 Å². The quantitative estimate of drug-likeness (QED) is 0.594. The standard InChI is InChI=1S/C11H25N/c1-6-7-8-12(5)9-11(4)10(2)3/h10-11H,6-9H2,1-5H3. The molecular formula is C11H25N. The third-order valence-corrected chi connectivity index (χ3v) is 2.63. The second-order valence-electron chi connectivity index (χ2n) is 4.34. The number of unbranched alkanes of at least 4 members (excludes halogenated alkanes) is 1. The van der Waals surface area contributed by atoms with Crippen LogP contribution in [-0.4, -0.2) is 25.0 Å². The van der Waals surface area contributed by atoms with Crippen LogP contribution in [0, 0.1) is 11.8 Å². The van der Waals surface area contributed by atoms with Gasteiger partial charge in [-0.25, -0.2) is 0 Å². The van der Waals surface area contributed by atoms with Crippen molar-refractivity contribution in [2.45, 2.75) is 40.5 Å². The Bertz CT molecular complexity index is 99.2. The molecule has 0 aliphatic heterocycles. The van der Waals surface area contributed by atoms with E-state index in [2.05, 4.69) is 39.6 Å². The van der Waals surface area contributed by atoms with Crippen molar-refractivity contribution in [2.24, 2.45) is 11.8 Å².